The lowest BCUT2D eigenvalue weighted by molar-refractivity contribution is 0.0734. The van der Waals surface area contributed by atoms with Gasteiger partial charge in [0.2, 0.25) is 5.78 Å². The maximum atomic E-state index is 12.6. The zero-order valence-electron chi connectivity index (χ0n) is 16.4. The molecule has 0 unspecified atom stereocenters. The molecular formula is C24H18O6. The van der Waals surface area contributed by atoms with E-state index in [1.807, 2.05) is 12.1 Å². The second-order valence-electron chi connectivity index (χ2n) is 6.49. The molecule has 150 valence electrons. The van der Waals surface area contributed by atoms with Crippen LogP contribution in [0.15, 0.2) is 72.5 Å². The third kappa shape index (κ3) is 3.89. The second kappa shape index (κ2) is 8.13. The van der Waals surface area contributed by atoms with Crippen LogP contribution in [0.5, 0.6) is 23.0 Å². The van der Waals surface area contributed by atoms with E-state index < -0.39 is 5.97 Å². The Morgan fingerprint density at radius 3 is 2.07 bits per heavy atom. The highest BCUT2D eigenvalue weighted by atomic mass is 16.5. The normalized spacial score (nSPS) is 13.5. The first-order valence-corrected chi connectivity index (χ1v) is 9.16. The van der Waals surface area contributed by atoms with Crippen molar-refractivity contribution in [2.75, 3.05) is 14.2 Å². The van der Waals surface area contributed by atoms with Crippen molar-refractivity contribution in [3.05, 3.63) is 89.2 Å². The van der Waals surface area contributed by atoms with Gasteiger partial charge in [-0.05, 0) is 60.2 Å². The third-order valence-corrected chi connectivity index (χ3v) is 4.59. The van der Waals surface area contributed by atoms with Gasteiger partial charge in [-0.25, -0.2) is 4.79 Å². The van der Waals surface area contributed by atoms with Gasteiger partial charge in [0, 0.05) is 6.07 Å². The van der Waals surface area contributed by atoms with E-state index in [2.05, 4.69) is 0 Å². The molecule has 0 bridgehead atoms. The molecule has 0 atom stereocenters. The molecule has 3 aromatic carbocycles. The second-order valence-corrected chi connectivity index (χ2v) is 6.49. The van der Waals surface area contributed by atoms with Gasteiger partial charge in [-0.3, -0.25) is 4.79 Å². The highest BCUT2D eigenvalue weighted by Gasteiger charge is 2.28. The Bertz CT molecular complexity index is 1130. The average molecular weight is 402 g/mol. The van der Waals surface area contributed by atoms with E-state index in [1.54, 1.807) is 68.8 Å². The molecule has 0 saturated heterocycles. The molecule has 4 rings (SSSR count). The van der Waals surface area contributed by atoms with E-state index >= 15 is 0 Å². The van der Waals surface area contributed by atoms with Crippen LogP contribution in [0.1, 0.15) is 26.3 Å². The van der Waals surface area contributed by atoms with Gasteiger partial charge in [0.25, 0.3) is 0 Å². The minimum Gasteiger partial charge on any atom is -0.497 e. The first-order valence-electron chi connectivity index (χ1n) is 9.16. The summed E-state index contributed by atoms with van der Waals surface area (Å²) in [6.45, 7) is 0. The topological polar surface area (TPSA) is 71.1 Å². The molecule has 0 N–H and O–H groups in total. The maximum absolute atomic E-state index is 12.6. The number of rotatable bonds is 5. The van der Waals surface area contributed by atoms with Crippen molar-refractivity contribution in [2.45, 2.75) is 0 Å². The number of hydrogen-bond acceptors (Lipinski definition) is 6. The highest BCUT2D eigenvalue weighted by molar-refractivity contribution is 6.14. The first kappa shape index (κ1) is 19.3. The van der Waals surface area contributed by atoms with Crippen LogP contribution in [0.2, 0.25) is 0 Å². The number of esters is 1. The Hall–Kier alpha value is -4.06. The number of fused-ring (bicyclic) bond motifs is 1. The minimum absolute atomic E-state index is 0.203. The SMILES string of the molecule is COc1ccc(/C=C2/Oc3cc(OC(=O)c4ccc(OC)cc4)ccc3C2=O)cc1. The van der Waals surface area contributed by atoms with Gasteiger partial charge in [0.05, 0.1) is 25.3 Å². The summed E-state index contributed by atoms with van der Waals surface area (Å²) < 4.78 is 21.3. The van der Waals surface area contributed by atoms with E-state index in [1.165, 1.54) is 6.07 Å². The molecule has 1 heterocycles. The summed E-state index contributed by atoms with van der Waals surface area (Å²) in [6.07, 6.45) is 1.66. The van der Waals surface area contributed by atoms with E-state index in [0.717, 1.165) is 11.3 Å². The van der Waals surface area contributed by atoms with Gasteiger partial charge in [-0.1, -0.05) is 12.1 Å². The van der Waals surface area contributed by atoms with Crippen LogP contribution in [-0.2, 0) is 0 Å². The highest BCUT2D eigenvalue weighted by Crippen LogP contribution is 2.35. The largest absolute Gasteiger partial charge is 0.497 e. The van der Waals surface area contributed by atoms with Gasteiger partial charge >= 0.3 is 5.97 Å². The summed E-state index contributed by atoms with van der Waals surface area (Å²) in [5.41, 5.74) is 1.60. The number of ketones is 1. The summed E-state index contributed by atoms with van der Waals surface area (Å²) in [7, 11) is 3.14. The molecule has 0 aliphatic carbocycles. The first-order chi connectivity index (χ1) is 14.6. The van der Waals surface area contributed by atoms with Gasteiger partial charge in [0.1, 0.15) is 23.0 Å². The zero-order chi connectivity index (χ0) is 21.1. The Kier molecular flexibility index (Phi) is 5.22. The fourth-order valence-corrected chi connectivity index (χ4v) is 2.98. The van der Waals surface area contributed by atoms with Crippen LogP contribution >= 0.6 is 0 Å². The predicted molar refractivity (Wildman–Crippen MR) is 110 cm³/mol. The molecule has 3 aromatic rings. The van der Waals surface area contributed by atoms with Crippen molar-refractivity contribution in [1.82, 2.24) is 0 Å². The summed E-state index contributed by atoms with van der Waals surface area (Å²) in [4.78, 5) is 24.9. The van der Waals surface area contributed by atoms with Crippen LogP contribution in [0.25, 0.3) is 6.08 Å². The molecule has 0 fully saturated rings. The average Bonchev–Trinajstić information content (AvgIpc) is 3.08. The van der Waals surface area contributed by atoms with Crippen molar-refractivity contribution in [3.8, 4) is 23.0 Å². The quantitative estimate of drug-likeness (QED) is 0.355. The number of allylic oxidation sites excluding steroid dienone is 1. The fraction of sp³-hybridized carbons (Fsp3) is 0.0833. The number of carbonyl (C=O) groups is 2. The number of hydrogen-bond donors (Lipinski definition) is 0. The van der Waals surface area contributed by atoms with Crippen LogP contribution in [0, 0.1) is 0 Å². The molecule has 6 nitrogen and oxygen atoms in total. The van der Waals surface area contributed by atoms with Gasteiger partial charge in [-0.2, -0.15) is 0 Å². The smallest absolute Gasteiger partial charge is 0.343 e. The molecule has 0 saturated carbocycles. The lowest BCUT2D eigenvalue weighted by atomic mass is 10.1. The van der Waals surface area contributed by atoms with Crippen molar-refractivity contribution in [2.24, 2.45) is 0 Å². The van der Waals surface area contributed by atoms with Crippen molar-refractivity contribution >= 4 is 17.8 Å². The molecule has 6 heteroatoms. The Labute approximate surface area is 173 Å². The molecule has 1 aliphatic heterocycles. The lowest BCUT2D eigenvalue weighted by Gasteiger charge is -2.06. The molecule has 1 aliphatic rings. The zero-order valence-corrected chi connectivity index (χ0v) is 16.4. The van der Waals surface area contributed by atoms with Crippen LogP contribution < -0.4 is 18.9 Å². The number of Topliss-reactive ketones (excluding diaryl/α,β-unsaturated/α-hetero) is 1. The van der Waals surface area contributed by atoms with Gasteiger partial charge in [0.15, 0.2) is 5.76 Å². The maximum Gasteiger partial charge on any atom is 0.343 e. The lowest BCUT2D eigenvalue weighted by Crippen LogP contribution is -2.08. The van der Waals surface area contributed by atoms with Crippen molar-refractivity contribution < 1.29 is 28.5 Å². The van der Waals surface area contributed by atoms with Crippen LogP contribution in [0.4, 0.5) is 0 Å². The van der Waals surface area contributed by atoms with E-state index in [0.29, 0.717) is 22.6 Å². The number of ether oxygens (including phenoxy) is 4. The van der Waals surface area contributed by atoms with Crippen molar-refractivity contribution in [3.63, 3.8) is 0 Å². The van der Waals surface area contributed by atoms with Gasteiger partial charge < -0.3 is 18.9 Å². The van der Waals surface area contributed by atoms with E-state index in [9.17, 15) is 9.59 Å². The molecular weight excluding hydrogens is 384 g/mol. The number of carbonyl (C=O) groups excluding carboxylic acids is 2. The Morgan fingerprint density at radius 1 is 0.833 bits per heavy atom. The summed E-state index contributed by atoms with van der Waals surface area (Å²) >= 11 is 0. The molecule has 0 radical (unpaired) electrons. The predicted octanol–water partition coefficient (Wildman–Crippen LogP) is 4.54. The monoisotopic (exact) mass is 402 g/mol. The standard InChI is InChI=1S/C24H18O6/c1-27-17-7-3-15(4-8-17)13-22-23(25)20-12-11-19(14-21(20)30-22)29-24(26)16-5-9-18(28-2)10-6-16/h3-14H,1-2H3/b22-13+. The number of benzene rings is 3. The summed E-state index contributed by atoms with van der Waals surface area (Å²) in [6, 6.07) is 18.5. The number of methoxy groups -OCH3 is 2. The molecule has 0 spiro atoms. The third-order valence-electron chi connectivity index (χ3n) is 4.59. The molecule has 30 heavy (non-hydrogen) atoms. The molecule has 0 amide bonds. The van der Waals surface area contributed by atoms with E-state index in [-0.39, 0.29) is 17.3 Å². The Morgan fingerprint density at radius 2 is 1.43 bits per heavy atom. The van der Waals surface area contributed by atoms with Gasteiger partial charge in [-0.15, -0.1) is 0 Å². The fourth-order valence-electron chi connectivity index (χ4n) is 2.98. The van der Waals surface area contributed by atoms with Crippen LogP contribution in [-0.4, -0.2) is 26.0 Å². The molecule has 0 aromatic heterocycles. The Balaban J connectivity index is 1.51. The summed E-state index contributed by atoms with van der Waals surface area (Å²) in [5.74, 6) is 1.46. The minimum atomic E-state index is -0.518. The van der Waals surface area contributed by atoms with Crippen molar-refractivity contribution in [1.29, 1.82) is 0 Å². The van der Waals surface area contributed by atoms with E-state index in [4.69, 9.17) is 18.9 Å². The van der Waals surface area contributed by atoms with Crippen LogP contribution in [0.3, 0.4) is 0 Å². The summed E-state index contributed by atoms with van der Waals surface area (Å²) in [5, 5.41) is 0.